The molecule has 4 aliphatic carbocycles. The second kappa shape index (κ2) is 5.43. The Bertz CT molecular complexity index is 524. The van der Waals surface area contributed by atoms with Crippen molar-refractivity contribution in [2.45, 2.75) is 84.5 Å². The van der Waals surface area contributed by atoms with Gasteiger partial charge in [-0.2, -0.15) is 0 Å². The lowest BCUT2D eigenvalue weighted by molar-refractivity contribution is -0.153. The number of ketones is 2. The third-order valence-corrected chi connectivity index (χ3v) is 8.70. The fourth-order valence-electron chi connectivity index (χ4n) is 7.69. The van der Waals surface area contributed by atoms with Crippen molar-refractivity contribution < 1.29 is 9.59 Å². The summed E-state index contributed by atoms with van der Waals surface area (Å²) in [7, 11) is 0. The maximum Gasteiger partial charge on any atom is 0.204 e. The lowest BCUT2D eigenvalue weighted by Gasteiger charge is -2.60. The van der Waals surface area contributed by atoms with Crippen molar-refractivity contribution in [1.82, 2.24) is 0 Å². The van der Waals surface area contributed by atoms with Crippen molar-refractivity contribution in [2.24, 2.45) is 34.5 Å². The first-order chi connectivity index (χ1) is 11.0. The van der Waals surface area contributed by atoms with E-state index in [1.54, 1.807) is 0 Å². The van der Waals surface area contributed by atoms with E-state index in [0.717, 1.165) is 31.1 Å². The molecule has 1 unspecified atom stereocenters. The minimum Gasteiger partial charge on any atom is -0.291 e. The van der Waals surface area contributed by atoms with E-state index >= 15 is 0 Å². The molecule has 0 N–H and O–H groups in total. The first-order valence-electron chi connectivity index (χ1n) is 10.0. The monoisotopic (exact) mass is 316 g/mol. The molecular formula is C21H32O2. The molecule has 0 spiro atoms. The number of carbonyl (C=O) groups excluding carboxylic acids is 2. The molecule has 0 aromatic rings. The Hall–Kier alpha value is -0.660. The second-order valence-electron chi connectivity index (χ2n) is 9.38. The Morgan fingerprint density at radius 3 is 2.43 bits per heavy atom. The van der Waals surface area contributed by atoms with Gasteiger partial charge in [-0.1, -0.05) is 26.2 Å². The van der Waals surface area contributed by atoms with E-state index in [1.165, 1.54) is 58.3 Å². The lowest BCUT2D eigenvalue weighted by atomic mass is 9.44. The molecule has 128 valence electrons. The zero-order valence-corrected chi connectivity index (χ0v) is 14.9. The lowest BCUT2D eigenvalue weighted by Crippen LogP contribution is -2.54. The minimum absolute atomic E-state index is 0.0191. The van der Waals surface area contributed by atoms with Gasteiger partial charge in [0.2, 0.25) is 5.78 Å². The summed E-state index contributed by atoms with van der Waals surface area (Å²) in [4.78, 5) is 24.7. The summed E-state index contributed by atoms with van der Waals surface area (Å²) in [5.74, 6) is 2.76. The van der Waals surface area contributed by atoms with Gasteiger partial charge in [0, 0.05) is 12.3 Å². The van der Waals surface area contributed by atoms with E-state index in [9.17, 15) is 9.59 Å². The largest absolute Gasteiger partial charge is 0.291 e. The highest BCUT2D eigenvalue weighted by molar-refractivity contribution is 6.38. The quantitative estimate of drug-likeness (QED) is 0.676. The molecule has 0 amide bonds. The van der Waals surface area contributed by atoms with Crippen molar-refractivity contribution in [2.75, 3.05) is 0 Å². The average molecular weight is 316 g/mol. The van der Waals surface area contributed by atoms with Crippen LogP contribution in [0.15, 0.2) is 0 Å². The van der Waals surface area contributed by atoms with E-state index in [4.69, 9.17) is 0 Å². The third-order valence-electron chi connectivity index (χ3n) is 8.70. The van der Waals surface area contributed by atoms with Crippen LogP contribution in [-0.4, -0.2) is 11.6 Å². The van der Waals surface area contributed by atoms with Crippen LogP contribution in [0.25, 0.3) is 0 Å². The molecule has 0 aromatic heterocycles. The van der Waals surface area contributed by atoms with Gasteiger partial charge in [0.15, 0.2) is 5.78 Å². The molecule has 23 heavy (non-hydrogen) atoms. The van der Waals surface area contributed by atoms with E-state index in [-0.39, 0.29) is 17.0 Å². The smallest absolute Gasteiger partial charge is 0.204 e. The maximum atomic E-state index is 12.8. The summed E-state index contributed by atoms with van der Waals surface area (Å²) >= 11 is 0. The number of hydrogen-bond acceptors (Lipinski definition) is 2. The van der Waals surface area contributed by atoms with E-state index < -0.39 is 0 Å². The van der Waals surface area contributed by atoms with Crippen LogP contribution in [0.3, 0.4) is 0 Å². The van der Waals surface area contributed by atoms with Crippen molar-refractivity contribution >= 4 is 11.6 Å². The van der Waals surface area contributed by atoms with Crippen LogP contribution in [0.1, 0.15) is 84.5 Å². The van der Waals surface area contributed by atoms with Gasteiger partial charge in [0.1, 0.15) is 0 Å². The molecule has 0 aliphatic heterocycles. The Kier molecular flexibility index (Phi) is 3.74. The molecular weight excluding hydrogens is 284 g/mol. The summed E-state index contributed by atoms with van der Waals surface area (Å²) in [6.45, 7) is 4.07. The van der Waals surface area contributed by atoms with E-state index in [2.05, 4.69) is 6.92 Å². The van der Waals surface area contributed by atoms with Crippen molar-refractivity contribution in [3.8, 4) is 0 Å². The van der Waals surface area contributed by atoms with Crippen LogP contribution >= 0.6 is 0 Å². The molecule has 2 nitrogen and oxygen atoms in total. The number of hydrogen-bond donors (Lipinski definition) is 0. The molecule has 0 aromatic carbocycles. The Balaban J connectivity index is 1.66. The number of Topliss-reactive ketones (excluding diaryl/α,β-unsaturated/α-hetero) is 2. The highest BCUT2D eigenvalue weighted by Gasteiger charge is 2.61. The number of carbonyl (C=O) groups is 2. The minimum atomic E-state index is -0.259. The molecule has 4 saturated carbocycles. The standard InChI is InChI=1S/C21H32O2/c1-14(22)19(23)21-12-5-7-18(21)16-9-8-15-6-3-4-11-20(15,2)17(16)10-13-21/h15-18H,3-13H2,1-2H3/t15?,16-,17+,18+,20+,21-/m1/s1. The zero-order chi connectivity index (χ0) is 16.2. The van der Waals surface area contributed by atoms with Crippen LogP contribution in [-0.2, 0) is 9.59 Å². The Morgan fingerprint density at radius 2 is 1.65 bits per heavy atom. The maximum absolute atomic E-state index is 12.8. The van der Waals surface area contributed by atoms with Gasteiger partial charge in [0.05, 0.1) is 0 Å². The third kappa shape index (κ3) is 2.12. The summed E-state index contributed by atoms with van der Waals surface area (Å²) in [6.07, 6.45) is 13.9. The second-order valence-corrected chi connectivity index (χ2v) is 9.38. The van der Waals surface area contributed by atoms with Gasteiger partial charge in [0.25, 0.3) is 0 Å². The molecule has 0 saturated heterocycles. The molecule has 6 atom stereocenters. The molecule has 4 rings (SSSR count). The number of fused-ring (bicyclic) bond motifs is 5. The van der Waals surface area contributed by atoms with E-state index in [0.29, 0.717) is 17.3 Å². The zero-order valence-electron chi connectivity index (χ0n) is 14.9. The van der Waals surface area contributed by atoms with Crippen molar-refractivity contribution in [3.63, 3.8) is 0 Å². The summed E-state index contributed by atoms with van der Waals surface area (Å²) in [6, 6.07) is 0. The van der Waals surface area contributed by atoms with Crippen LogP contribution in [0.2, 0.25) is 0 Å². The molecule has 2 heteroatoms. The Morgan fingerprint density at radius 1 is 0.826 bits per heavy atom. The fourth-order valence-corrected chi connectivity index (χ4v) is 7.69. The van der Waals surface area contributed by atoms with Crippen molar-refractivity contribution in [3.05, 3.63) is 0 Å². The predicted molar refractivity (Wildman–Crippen MR) is 91.0 cm³/mol. The molecule has 4 fully saturated rings. The van der Waals surface area contributed by atoms with Gasteiger partial charge < -0.3 is 0 Å². The van der Waals surface area contributed by atoms with E-state index in [1.807, 2.05) is 0 Å². The highest BCUT2D eigenvalue weighted by Crippen LogP contribution is 2.66. The van der Waals surface area contributed by atoms with Crippen LogP contribution in [0.5, 0.6) is 0 Å². The van der Waals surface area contributed by atoms with Gasteiger partial charge in [-0.3, -0.25) is 9.59 Å². The first kappa shape index (κ1) is 15.8. The van der Waals surface area contributed by atoms with Gasteiger partial charge >= 0.3 is 0 Å². The van der Waals surface area contributed by atoms with Gasteiger partial charge in [-0.05, 0) is 80.5 Å². The molecule has 0 heterocycles. The fraction of sp³-hybridized carbons (Fsp3) is 0.905. The van der Waals surface area contributed by atoms with Gasteiger partial charge in [-0.25, -0.2) is 0 Å². The summed E-state index contributed by atoms with van der Waals surface area (Å²) in [5, 5.41) is 0. The normalized spacial score (nSPS) is 49.0. The van der Waals surface area contributed by atoms with Crippen molar-refractivity contribution in [1.29, 1.82) is 0 Å². The van der Waals surface area contributed by atoms with Crippen LogP contribution in [0, 0.1) is 34.5 Å². The molecule has 4 aliphatic rings. The molecule has 0 bridgehead atoms. The topological polar surface area (TPSA) is 34.1 Å². The first-order valence-corrected chi connectivity index (χ1v) is 10.0. The summed E-state index contributed by atoms with van der Waals surface area (Å²) in [5.41, 5.74) is 0.264. The Labute approximate surface area is 140 Å². The SMILES string of the molecule is CC(=O)C(=O)[C@@]12CCC[C@H]1[C@@H]1CCC3CCCC[C@]3(C)[C@H]1CC2. The highest BCUT2D eigenvalue weighted by atomic mass is 16.2. The van der Waals surface area contributed by atoms with Crippen LogP contribution in [0.4, 0.5) is 0 Å². The van der Waals surface area contributed by atoms with Gasteiger partial charge in [-0.15, -0.1) is 0 Å². The summed E-state index contributed by atoms with van der Waals surface area (Å²) < 4.78 is 0. The van der Waals surface area contributed by atoms with Crippen LogP contribution < -0.4 is 0 Å². The average Bonchev–Trinajstić information content (AvgIpc) is 2.98. The number of rotatable bonds is 2. The predicted octanol–water partition coefficient (Wildman–Crippen LogP) is 4.95. The molecule has 0 radical (unpaired) electrons.